The van der Waals surface area contributed by atoms with Gasteiger partial charge in [-0.1, -0.05) is 17.7 Å². The van der Waals surface area contributed by atoms with Crippen molar-refractivity contribution >= 4 is 29.2 Å². The Morgan fingerprint density at radius 3 is 2.65 bits per heavy atom. The highest BCUT2D eigenvalue weighted by Crippen LogP contribution is 2.19. The van der Waals surface area contributed by atoms with Crippen LogP contribution in [0, 0.1) is 0 Å². The number of nitrogens with one attached hydrogen (secondary N) is 2. The number of aromatic nitrogens is 3. The standard InChI is InChI=1S/C13H16ClN5O/c1-3-15-11-17-12(19-13(18-11)20-4-2)16-10-7-5-6-9(14)8-10/h5-8H,3-4H2,1-2H3,(H2,15,16,17,18,19). The molecule has 0 radical (unpaired) electrons. The van der Waals surface area contributed by atoms with Crippen LogP contribution in [0.2, 0.25) is 5.02 Å². The van der Waals surface area contributed by atoms with Gasteiger partial charge in [-0.25, -0.2) is 0 Å². The van der Waals surface area contributed by atoms with Crippen LogP contribution in [0.3, 0.4) is 0 Å². The molecule has 106 valence electrons. The summed E-state index contributed by atoms with van der Waals surface area (Å²) in [4.78, 5) is 12.6. The van der Waals surface area contributed by atoms with Crippen LogP contribution in [-0.4, -0.2) is 28.1 Å². The zero-order valence-corrected chi connectivity index (χ0v) is 12.1. The van der Waals surface area contributed by atoms with Gasteiger partial charge in [-0.15, -0.1) is 0 Å². The molecule has 0 atom stereocenters. The first-order valence-electron chi connectivity index (χ1n) is 6.36. The summed E-state index contributed by atoms with van der Waals surface area (Å²) in [7, 11) is 0. The van der Waals surface area contributed by atoms with E-state index in [-0.39, 0.29) is 6.01 Å². The van der Waals surface area contributed by atoms with Gasteiger partial charge < -0.3 is 15.4 Å². The Morgan fingerprint density at radius 2 is 1.95 bits per heavy atom. The van der Waals surface area contributed by atoms with Gasteiger partial charge in [-0.05, 0) is 32.0 Å². The van der Waals surface area contributed by atoms with Gasteiger partial charge in [-0.3, -0.25) is 0 Å². The Hall–Kier alpha value is -2.08. The summed E-state index contributed by atoms with van der Waals surface area (Å²) in [5, 5.41) is 6.75. The average molecular weight is 294 g/mol. The maximum Gasteiger partial charge on any atom is 0.323 e. The van der Waals surface area contributed by atoms with E-state index < -0.39 is 0 Å². The quantitative estimate of drug-likeness (QED) is 0.853. The van der Waals surface area contributed by atoms with Crippen LogP contribution in [0.4, 0.5) is 17.6 Å². The molecule has 6 nitrogen and oxygen atoms in total. The van der Waals surface area contributed by atoms with Crippen molar-refractivity contribution in [2.75, 3.05) is 23.8 Å². The van der Waals surface area contributed by atoms with Crippen molar-refractivity contribution in [1.82, 2.24) is 15.0 Å². The molecule has 0 unspecified atom stereocenters. The molecule has 0 saturated carbocycles. The number of benzene rings is 1. The summed E-state index contributed by atoms with van der Waals surface area (Å²) in [6.45, 7) is 5.05. The molecule has 2 rings (SSSR count). The van der Waals surface area contributed by atoms with E-state index in [4.69, 9.17) is 16.3 Å². The Kier molecular flexibility index (Phi) is 4.95. The first-order chi connectivity index (χ1) is 9.71. The van der Waals surface area contributed by atoms with Gasteiger partial charge in [0.2, 0.25) is 11.9 Å². The molecule has 0 bridgehead atoms. The van der Waals surface area contributed by atoms with Gasteiger partial charge in [0.1, 0.15) is 0 Å². The summed E-state index contributed by atoms with van der Waals surface area (Å²) in [6.07, 6.45) is 0. The number of hydrogen-bond acceptors (Lipinski definition) is 6. The maximum absolute atomic E-state index is 5.94. The molecule has 0 aliphatic rings. The van der Waals surface area contributed by atoms with Crippen molar-refractivity contribution in [2.24, 2.45) is 0 Å². The summed E-state index contributed by atoms with van der Waals surface area (Å²) in [5.41, 5.74) is 0.800. The Balaban J connectivity index is 2.25. The molecule has 20 heavy (non-hydrogen) atoms. The van der Waals surface area contributed by atoms with Crippen molar-refractivity contribution in [3.8, 4) is 6.01 Å². The first kappa shape index (κ1) is 14.3. The fourth-order valence-corrected chi connectivity index (χ4v) is 1.73. The monoisotopic (exact) mass is 293 g/mol. The second-order valence-electron chi connectivity index (χ2n) is 3.86. The van der Waals surface area contributed by atoms with Crippen molar-refractivity contribution in [3.63, 3.8) is 0 Å². The van der Waals surface area contributed by atoms with Crippen LogP contribution in [-0.2, 0) is 0 Å². The first-order valence-corrected chi connectivity index (χ1v) is 6.74. The molecule has 2 aromatic rings. The van der Waals surface area contributed by atoms with Gasteiger partial charge >= 0.3 is 6.01 Å². The summed E-state index contributed by atoms with van der Waals surface area (Å²) < 4.78 is 5.33. The highest BCUT2D eigenvalue weighted by atomic mass is 35.5. The summed E-state index contributed by atoms with van der Waals surface area (Å²) in [6, 6.07) is 7.60. The van der Waals surface area contributed by atoms with Crippen LogP contribution in [0.25, 0.3) is 0 Å². The van der Waals surface area contributed by atoms with Gasteiger partial charge in [0.15, 0.2) is 0 Å². The number of nitrogens with zero attached hydrogens (tertiary/aromatic N) is 3. The molecule has 0 fully saturated rings. The number of hydrogen-bond donors (Lipinski definition) is 2. The van der Waals surface area contributed by atoms with Crippen molar-refractivity contribution in [1.29, 1.82) is 0 Å². The molecular formula is C13H16ClN5O. The van der Waals surface area contributed by atoms with Gasteiger partial charge in [0.05, 0.1) is 6.61 Å². The predicted molar refractivity (Wildman–Crippen MR) is 79.9 cm³/mol. The Labute approximate surface area is 122 Å². The molecule has 1 aromatic heterocycles. The lowest BCUT2D eigenvalue weighted by atomic mass is 10.3. The lowest BCUT2D eigenvalue weighted by molar-refractivity contribution is 0.312. The third kappa shape index (κ3) is 3.96. The van der Waals surface area contributed by atoms with Crippen LogP contribution < -0.4 is 15.4 Å². The second kappa shape index (κ2) is 6.91. The van der Waals surface area contributed by atoms with Gasteiger partial charge in [0.25, 0.3) is 0 Å². The highest BCUT2D eigenvalue weighted by molar-refractivity contribution is 6.30. The molecule has 1 aromatic carbocycles. The fourth-order valence-electron chi connectivity index (χ4n) is 1.54. The van der Waals surface area contributed by atoms with Crippen LogP contribution >= 0.6 is 11.6 Å². The van der Waals surface area contributed by atoms with E-state index in [0.29, 0.717) is 30.1 Å². The van der Waals surface area contributed by atoms with Crippen LogP contribution in [0.1, 0.15) is 13.8 Å². The molecule has 1 heterocycles. The smallest absolute Gasteiger partial charge is 0.323 e. The van der Waals surface area contributed by atoms with Crippen molar-refractivity contribution in [2.45, 2.75) is 13.8 Å². The third-order valence-electron chi connectivity index (χ3n) is 2.30. The Morgan fingerprint density at radius 1 is 1.15 bits per heavy atom. The van der Waals surface area contributed by atoms with E-state index in [1.165, 1.54) is 0 Å². The van der Waals surface area contributed by atoms with Crippen molar-refractivity contribution in [3.05, 3.63) is 29.3 Å². The minimum atomic E-state index is 0.281. The molecule has 0 aliphatic heterocycles. The van der Waals surface area contributed by atoms with E-state index in [1.54, 1.807) is 12.1 Å². The SMILES string of the molecule is CCNc1nc(Nc2cccc(Cl)c2)nc(OCC)n1. The number of rotatable bonds is 6. The van der Waals surface area contributed by atoms with Crippen LogP contribution in [0.15, 0.2) is 24.3 Å². The summed E-state index contributed by atoms with van der Waals surface area (Å²) in [5.74, 6) is 0.872. The van der Waals surface area contributed by atoms with Crippen LogP contribution in [0.5, 0.6) is 6.01 Å². The third-order valence-corrected chi connectivity index (χ3v) is 2.54. The molecule has 7 heteroatoms. The number of anilines is 3. The number of halogens is 1. The lowest BCUT2D eigenvalue weighted by Gasteiger charge is -2.09. The minimum absolute atomic E-state index is 0.281. The fraction of sp³-hybridized carbons (Fsp3) is 0.308. The highest BCUT2D eigenvalue weighted by Gasteiger charge is 2.07. The predicted octanol–water partition coefficient (Wildman–Crippen LogP) is 3.10. The average Bonchev–Trinajstić information content (AvgIpc) is 2.39. The van der Waals surface area contributed by atoms with E-state index in [1.807, 2.05) is 26.0 Å². The van der Waals surface area contributed by atoms with E-state index in [9.17, 15) is 0 Å². The number of ether oxygens (including phenoxy) is 1. The molecule has 0 amide bonds. The lowest BCUT2D eigenvalue weighted by Crippen LogP contribution is -2.08. The zero-order chi connectivity index (χ0) is 14.4. The molecule has 0 saturated heterocycles. The van der Waals surface area contributed by atoms with E-state index in [2.05, 4.69) is 25.6 Å². The Bertz CT molecular complexity index is 554. The molecule has 2 N–H and O–H groups in total. The second-order valence-corrected chi connectivity index (χ2v) is 4.30. The normalized spacial score (nSPS) is 10.2. The van der Waals surface area contributed by atoms with E-state index in [0.717, 1.165) is 5.69 Å². The minimum Gasteiger partial charge on any atom is -0.464 e. The molecular weight excluding hydrogens is 278 g/mol. The topological polar surface area (TPSA) is 72.0 Å². The van der Waals surface area contributed by atoms with Gasteiger partial charge in [-0.2, -0.15) is 15.0 Å². The molecule has 0 aliphatic carbocycles. The largest absolute Gasteiger partial charge is 0.464 e. The molecule has 0 spiro atoms. The maximum atomic E-state index is 5.94. The van der Waals surface area contributed by atoms with E-state index >= 15 is 0 Å². The van der Waals surface area contributed by atoms with Crippen molar-refractivity contribution < 1.29 is 4.74 Å². The zero-order valence-electron chi connectivity index (χ0n) is 11.4. The van der Waals surface area contributed by atoms with Gasteiger partial charge in [0, 0.05) is 17.3 Å². The summed E-state index contributed by atoms with van der Waals surface area (Å²) >= 11 is 5.94.